The fourth-order valence-corrected chi connectivity index (χ4v) is 1.96. The molecule has 2 rings (SSSR count). The average molecular weight is 252 g/mol. The topological polar surface area (TPSA) is 92.4 Å². The van der Waals surface area contributed by atoms with Crippen molar-refractivity contribution in [3.05, 3.63) is 34.2 Å². The predicted molar refractivity (Wildman–Crippen MR) is 60.5 cm³/mol. The van der Waals surface area contributed by atoms with Crippen LogP contribution in [-0.4, -0.2) is 22.0 Å². The number of aromatic carboxylic acids is 1. The van der Waals surface area contributed by atoms with Crippen LogP contribution in [0.3, 0.4) is 0 Å². The minimum Gasteiger partial charge on any atom is -0.477 e. The summed E-state index contributed by atoms with van der Waals surface area (Å²) in [7, 11) is 0. The minimum absolute atomic E-state index is 0.0764. The summed E-state index contributed by atoms with van der Waals surface area (Å²) in [5.74, 6) is -1.52. The fraction of sp³-hybridized carbons (Fsp3) is 0.100. The van der Waals surface area contributed by atoms with Crippen LogP contribution in [0.15, 0.2) is 22.3 Å². The summed E-state index contributed by atoms with van der Waals surface area (Å²) in [6, 6.07) is 1.53. The van der Waals surface area contributed by atoms with Crippen molar-refractivity contribution in [2.24, 2.45) is 0 Å². The Labute approximate surface area is 99.9 Å². The van der Waals surface area contributed by atoms with Gasteiger partial charge in [-0.05, 0) is 18.4 Å². The summed E-state index contributed by atoms with van der Waals surface area (Å²) in [4.78, 5) is 26.4. The molecule has 0 aliphatic carbocycles. The molecule has 2 aromatic heterocycles. The van der Waals surface area contributed by atoms with Gasteiger partial charge in [0.25, 0.3) is 5.91 Å². The van der Waals surface area contributed by atoms with E-state index in [0.717, 1.165) is 17.7 Å². The number of aromatic nitrogens is 1. The molecule has 7 heteroatoms. The molecule has 0 spiro atoms. The van der Waals surface area contributed by atoms with Gasteiger partial charge in [0.2, 0.25) is 5.76 Å². The van der Waals surface area contributed by atoms with Gasteiger partial charge in [0, 0.05) is 0 Å². The smallest absolute Gasteiger partial charge is 0.348 e. The number of hydrogen-bond donors (Lipinski definition) is 2. The molecule has 0 aromatic carbocycles. The molecule has 17 heavy (non-hydrogen) atoms. The van der Waals surface area contributed by atoms with E-state index in [2.05, 4.69) is 10.3 Å². The number of aryl methyl sites for hydroxylation is 1. The van der Waals surface area contributed by atoms with Crippen molar-refractivity contribution in [2.75, 3.05) is 5.32 Å². The number of thiophene rings is 1. The molecule has 2 aromatic rings. The van der Waals surface area contributed by atoms with Crippen molar-refractivity contribution in [1.82, 2.24) is 4.98 Å². The number of hydrogen-bond acceptors (Lipinski definition) is 5. The summed E-state index contributed by atoms with van der Waals surface area (Å²) in [5, 5.41) is 12.9. The summed E-state index contributed by atoms with van der Waals surface area (Å²) < 4.78 is 4.91. The van der Waals surface area contributed by atoms with Gasteiger partial charge in [-0.15, -0.1) is 11.3 Å². The highest BCUT2D eigenvalue weighted by atomic mass is 32.1. The summed E-state index contributed by atoms with van der Waals surface area (Å²) >= 11 is 1.04. The third-order valence-electron chi connectivity index (χ3n) is 2.06. The fourth-order valence-electron chi connectivity index (χ4n) is 1.27. The number of carboxylic acid groups (broad SMARTS) is 1. The van der Waals surface area contributed by atoms with E-state index in [1.165, 1.54) is 6.07 Å². The number of oxazole rings is 1. The number of amides is 1. The Morgan fingerprint density at radius 1 is 1.53 bits per heavy atom. The van der Waals surface area contributed by atoms with E-state index in [9.17, 15) is 9.59 Å². The predicted octanol–water partition coefficient (Wildman–Crippen LogP) is 2.00. The molecule has 0 radical (unpaired) electrons. The molecule has 0 aliphatic heterocycles. The zero-order chi connectivity index (χ0) is 12.4. The highest BCUT2D eigenvalue weighted by Crippen LogP contribution is 2.23. The zero-order valence-corrected chi connectivity index (χ0v) is 9.58. The number of anilines is 1. The maximum atomic E-state index is 11.7. The second-order valence-electron chi connectivity index (χ2n) is 3.19. The van der Waals surface area contributed by atoms with Crippen molar-refractivity contribution in [2.45, 2.75) is 6.92 Å². The van der Waals surface area contributed by atoms with Crippen molar-refractivity contribution >= 4 is 28.9 Å². The normalized spacial score (nSPS) is 10.2. The maximum absolute atomic E-state index is 11.7. The van der Waals surface area contributed by atoms with Crippen molar-refractivity contribution in [3.63, 3.8) is 0 Å². The van der Waals surface area contributed by atoms with Gasteiger partial charge in [0.1, 0.15) is 4.88 Å². The van der Waals surface area contributed by atoms with E-state index in [1.54, 1.807) is 12.3 Å². The van der Waals surface area contributed by atoms with Gasteiger partial charge in [-0.3, -0.25) is 4.79 Å². The Kier molecular flexibility index (Phi) is 2.92. The largest absolute Gasteiger partial charge is 0.477 e. The lowest BCUT2D eigenvalue weighted by atomic mass is 10.3. The second kappa shape index (κ2) is 4.38. The van der Waals surface area contributed by atoms with Gasteiger partial charge in [-0.25, -0.2) is 9.78 Å². The minimum atomic E-state index is -1.08. The number of carbonyl (C=O) groups is 2. The van der Waals surface area contributed by atoms with Crippen molar-refractivity contribution in [1.29, 1.82) is 0 Å². The van der Waals surface area contributed by atoms with E-state index in [0.29, 0.717) is 5.69 Å². The molecule has 0 fully saturated rings. The number of carbonyl (C=O) groups excluding carboxylic acids is 1. The Morgan fingerprint density at radius 3 is 2.88 bits per heavy atom. The Morgan fingerprint density at radius 2 is 2.29 bits per heavy atom. The van der Waals surface area contributed by atoms with Crippen molar-refractivity contribution in [3.8, 4) is 0 Å². The molecule has 0 atom stereocenters. The number of nitrogens with one attached hydrogen (secondary N) is 1. The lowest BCUT2D eigenvalue weighted by Gasteiger charge is -2.02. The van der Waals surface area contributed by atoms with Gasteiger partial charge >= 0.3 is 5.97 Å². The number of rotatable bonds is 3. The number of carboxylic acids is 1. The van der Waals surface area contributed by atoms with E-state index in [4.69, 9.17) is 9.52 Å². The van der Waals surface area contributed by atoms with E-state index in [1.807, 2.05) is 0 Å². The summed E-state index contributed by atoms with van der Waals surface area (Å²) in [5.41, 5.74) is 0.706. The molecule has 2 heterocycles. The molecule has 1 amide bonds. The van der Waals surface area contributed by atoms with Crippen LogP contribution < -0.4 is 5.32 Å². The van der Waals surface area contributed by atoms with Crippen LogP contribution in [0.5, 0.6) is 0 Å². The number of nitrogens with zero attached hydrogens (tertiary/aromatic N) is 1. The molecule has 88 valence electrons. The van der Waals surface area contributed by atoms with Gasteiger partial charge in [0.15, 0.2) is 6.39 Å². The molecule has 0 bridgehead atoms. The van der Waals surface area contributed by atoms with E-state index in [-0.39, 0.29) is 16.3 Å². The van der Waals surface area contributed by atoms with Crippen LogP contribution in [0.25, 0.3) is 0 Å². The Bertz CT molecular complexity index is 572. The lowest BCUT2D eigenvalue weighted by Crippen LogP contribution is -2.13. The summed E-state index contributed by atoms with van der Waals surface area (Å²) in [6.07, 6.45) is 1.16. The Hall–Kier alpha value is -2.15. The first kappa shape index (κ1) is 11.3. The van der Waals surface area contributed by atoms with Crippen LogP contribution >= 0.6 is 11.3 Å². The van der Waals surface area contributed by atoms with Crippen LogP contribution in [-0.2, 0) is 0 Å². The second-order valence-corrected chi connectivity index (χ2v) is 4.11. The van der Waals surface area contributed by atoms with E-state index >= 15 is 0 Å². The standard InChI is InChI=1S/C10H8N2O4S/c1-5-7(16-4-11-5)9(13)12-6-2-3-17-8(6)10(14)15/h2-4H,1H3,(H,12,13)(H,14,15). The van der Waals surface area contributed by atoms with Gasteiger partial charge < -0.3 is 14.8 Å². The highest BCUT2D eigenvalue weighted by molar-refractivity contribution is 7.12. The van der Waals surface area contributed by atoms with Crippen LogP contribution in [0.4, 0.5) is 5.69 Å². The first-order valence-corrected chi connectivity index (χ1v) is 5.49. The molecule has 0 unspecified atom stereocenters. The zero-order valence-electron chi connectivity index (χ0n) is 8.76. The first-order chi connectivity index (χ1) is 8.09. The van der Waals surface area contributed by atoms with E-state index < -0.39 is 11.9 Å². The SMILES string of the molecule is Cc1ncoc1C(=O)Nc1ccsc1C(=O)O. The molecule has 0 saturated carbocycles. The molecule has 6 nitrogen and oxygen atoms in total. The Balaban J connectivity index is 2.22. The first-order valence-electron chi connectivity index (χ1n) is 4.62. The van der Waals surface area contributed by atoms with Crippen molar-refractivity contribution < 1.29 is 19.1 Å². The lowest BCUT2D eigenvalue weighted by molar-refractivity contribution is 0.0703. The van der Waals surface area contributed by atoms with Crippen LogP contribution in [0.1, 0.15) is 25.9 Å². The molecule has 0 aliphatic rings. The molecule has 2 N–H and O–H groups in total. The van der Waals surface area contributed by atoms with Crippen LogP contribution in [0.2, 0.25) is 0 Å². The van der Waals surface area contributed by atoms with Gasteiger partial charge in [-0.2, -0.15) is 0 Å². The quantitative estimate of drug-likeness (QED) is 0.871. The highest BCUT2D eigenvalue weighted by Gasteiger charge is 2.18. The third kappa shape index (κ3) is 2.18. The molecular weight excluding hydrogens is 244 g/mol. The van der Waals surface area contributed by atoms with Gasteiger partial charge in [0.05, 0.1) is 11.4 Å². The molecular formula is C10H8N2O4S. The maximum Gasteiger partial charge on any atom is 0.348 e. The average Bonchev–Trinajstić information content (AvgIpc) is 2.86. The van der Waals surface area contributed by atoms with Crippen LogP contribution in [0, 0.1) is 6.92 Å². The third-order valence-corrected chi connectivity index (χ3v) is 2.96. The van der Waals surface area contributed by atoms with Gasteiger partial charge in [-0.1, -0.05) is 0 Å². The molecule has 0 saturated heterocycles. The summed E-state index contributed by atoms with van der Waals surface area (Å²) in [6.45, 7) is 1.63. The monoisotopic (exact) mass is 252 g/mol.